The van der Waals surface area contributed by atoms with Crippen LogP contribution in [-0.2, 0) is 19.4 Å². The van der Waals surface area contributed by atoms with Gasteiger partial charge in [0.25, 0.3) is 5.91 Å². The summed E-state index contributed by atoms with van der Waals surface area (Å²) in [5.41, 5.74) is 5.61. The van der Waals surface area contributed by atoms with E-state index in [1.165, 1.54) is 5.56 Å². The van der Waals surface area contributed by atoms with E-state index in [-0.39, 0.29) is 11.5 Å². The first-order valence-corrected chi connectivity index (χ1v) is 13.2. The van der Waals surface area contributed by atoms with Gasteiger partial charge in [-0.05, 0) is 65.6 Å². The summed E-state index contributed by atoms with van der Waals surface area (Å²) in [6.07, 6.45) is 6.74. The van der Waals surface area contributed by atoms with Crippen molar-refractivity contribution in [3.05, 3.63) is 125 Å². The monoisotopic (exact) mass is 506 g/mol. The van der Waals surface area contributed by atoms with Crippen molar-refractivity contribution < 1.29 is 14.7 Å². The molecule has 0 radical (unpaired) electrons. The third-order valence-electron chi connectivity index (χ3n) is 6.68. The van der Waals surface area contributed by atoms with Crippen LogP contribution in [-0.4, -0.2) is 33.4 Å². The zero-order valence-electron chi connectivity index (χ0n) is 21.8. The highest BCUT2D eigenvalue weighted by atomic mass is 16.4. The average Bonchev–Trinajstić information content (AvgIpc) is 2.96. The molecule has 194 valence electrons. The summed E-state index contributed by atoms with van der Waals surface area (Å²) in [5.74, 6) is -1.03. The van der Waals surface area contributed by atoms with Crippen molar-refractivity contribution in [3.63, 3.8) is 0 Å². The van der Waals surface area contributed by atoms with Crippen molar-refractivity contribution in [3.8, 4) is 11.1 Å². The van der Waals surface area contributed by atoms with Crippen LogP contribution in [0.4, 0.5) is 0 Å². The Morgan fingerprint density at radius 2 is 1.45 bits per heavy atom. The molecular formula is C33H34N2O3. The summed E-state index contributed by atoms with van der Waals surface area (Å²) in [6, 6.07) is 28.9. The summed E-state index contributed by atoms with van der Waals surface area (Å²) in [5, 5.41) is 9.54. The molecule has 4 aromatic rings. The lowest BCUT2D eigenvalue weighted by molar-refractivity contribution is 0.0695. The van der Waals surface area contributed by atoms with Gasteiger partial charge in [0.1, 0.15) is 5.69 Å². The Morgan fingerprint density at radius 3 is 2.13 bits per heavy atom. The number of carboxylic acids is 1. The second kappa shape index (κ2) is 13.3. The van der Waals surface area contributed by atoms with Gasteiger partial charge >= 0.3 is 5.97 Å². The highest BCUT2D eigenvalue weighted by molar-refractivity contribution is 5.96. The van der Waals surface area contributed by atoms with Crippen LogP contribution < -0.4 is 0 Å². The van der Waals surface area contributed by atoms with Crippen molar-refractivity contribution >= 4 is 11.9 Å². The number of aromatic nitrogens is 1. The summed E-state index contributed by atoms with van der Waals surface area (Å²) in [4.78, 5) is 31.5. The maximum atomic E-state index is 13.5. The van der Waals surface area contributed by atoms with E-state index >= 15 is 0 Å². The van der Waals surface area contributed by atoms with Crippen molar-refractivity contribution in [1.82, 2.24) is 9.88 Å². The molecule has 5 nitrogen and oxygen atoms in total. The summed E-state index contributed by atoms with van der Waals surface area (Å²) in [6.45, 7) is 3.22. The Kier molecular flexibility index (Phi) is 9.41. The van der Waals surface area contributed by atoms with E-state index in [9.17, 15) is 14.7 Å². The molecule has 0 saturated heterocycles. The zero-order chi connectivity index (χ0) is 26.7. The van der Waals surface area contributed by atoms with Gasteiger partial charge in [0.2, 0.25) is 0 Å². The largest absolute Gasteiger partial charge is 0.478 e. The number of aromatic carboxylic acids is 1. The molecule has 0 spiro atoms. The first-order valence-electron chi connectivity index (χ1n) is 13.2. The Morgan fingerprint density at radius 1 is 0.763 bits per heavy atom. The molecule has 1 heterocycles. The molecule has 38 heavy (non-hydrogen) atoms. The molecule has 3 aromatic carbocycles. The maximum Gasteiger partial charge on any atom is 0.336 e. The van der Waals surface area contributed by atoms with Crippen LogP contribution in [0.25, 0.3) is 11.1 Å². The van der Waals surface area contributed by atoms with Gasteiger partial charge in [0.05, 0.1) is 5.56 Å². The smallest absolute Gasteiger partial charge is 0.336 e. The lowest BCUT2D eigenvalue weighted by Gasteiger charge is -2.23. The lowest BCUT2D eigenvalue weighted by atomic mass is 9.98. The third kappa shape index (κ3) is 7.16. The summed E-state index contributed by atoms with van der Waals surface area (Å²) >= 11 is 0. The number of unbranched alkanes of at least 4 members (excludes halogenated alkanes) is 1. The minimum Gasteiger partial charge on any atom is -0.478 e. The molecule has 1 aromatic heterocycles. The van der Waals surface area contributed by atoms with E-state index in [4.69, 9.17) is 0 Å². The standard InChI is InChI=1S/C33H34N2O3/c1-2-3-10-26-18-21-31(34-23-26)32(36)35(22-9-13-25-11-5-4-6-12-25)24-27-16-19-28(20-17-27)29-14-7-8-15-30(29)33(37)38/h4-8,11-12,14-21,23H,2-3,9-10,13,22,24H2,1H3,(H,37,38). The van der Waals surface area contributed by atoms with Gasteiger partial charge in [-0.1, -0.05) is 92.2 Å². The van der Waals surface area contributed by atoms with E-state index in [2.05, 4.69) is 24.0 Å². The molecule has 0 bridgehead atoms. The molecule has 0 aliphatic heterocycles. The van der Waals surface area contributed by atoms with Crippen LogP contribution in [0.15, 0.2) is 97.2 Å². The Bertz CT molecular complexity index is 1330. The highest BCUT2D eigenvalue weighted by Crippen LogP contribution is 2.25. The number of nitrogens with zero attached hydrogens (tertiary/aromatic N) is 2. The van der Waals surface area contributed by atoms with Gasteiger partial charge in [-0.25, -0.2) is 4.79 Å². The predicted molar refractivity (Wildman–Crippen MR) is 151 cm³/mol. The minimum atomic E-state index is -0.951. The second-order valence-electron chi connectivity index (χ2n) is 9.52. The van der Waals surface area contributed by atoms with E-state index in [0.29, 0.717) is 24.3 Å². The van der Waals surface area contributed by atoms with E-state index in [1.807, 2.05) is 77.8 Å². The number of carboxylic acid groups (broad SMARTS) is 1. The second-order valence-corrected chi connectivity index (χ2v) is 9.52. The molecule has 1 amide bonds. The molecule has 0 aliphatic carbocycles. The van der Waals surface area contributed by atoms with E-state index < -0.39 is 5.97 Å². The number of amides is 1. The fourth-order valence-electron chi connectivity index (χ4n) is 4.54. The first kappa shape index (κ1) is 26.8. The molecule has 1 N–H and O–H groups in total. The number of rotatable bonds is 12. The van der Waals surface area contributed by atoms with Crippen molar-refractivity contribution in [2.45, 2.75) is 45.6 Å². The quantitative estimate of drug-likeness (QED) is 0.223. The number of pyridine rings is 1. The van der Waals surface area contributed by atoms with Gasteiger partial charge in [0, 0.05) is 19.3 Å². The van der Waals surface area contributed by atoms with Crippen molar-refractivity contribution in [2.24, 2.45) is 0 Å². The van der Waals surface area contributed by atoms with Gasteiger partial charge in [-0.3, -0.25) is 9.78 Å². The van der Waals surface area contributed by atoms with Crippen LogP contribution in [0.2, 0.25) is 0 Å². The van der Waals surface area contributed by atoms with Crippen LogP contribution in [0.3, 0.4) is 0 Å². The highest BCUT2D eigenvalue weighted by Gasteiger charge is 2.18. The summed E-state index contributed by atoms with van der Waals surface area (Å²) in [7, 11) is 0. The molecule has 0 fully saturated rings. The zero-order valence-corrected chi connectivity index (χ0v) is 21.8. The molecular weight excluding hydrogens is 472 g/mol. The number of hydrogen-bond donors (Lipinski definition) is 1. The maximum absolute atomic E-state index is 13.5. The molecule has 0 saturated carbocycles. The molecule has 0 unspecified atom stereocenters. The fourth-order valence-corrected chi connectivity index (χ4v) is 4.54. The molecule has 5 heteroatoms. The molecule has 0 aliphatic rings. The number of carbonyl (C=O) groups is 2. The van der Waals surface area contributed by atoms with Crippen molar-refractivity contribution in [2.75, 3.05) is 6.54 Å². The van der Waals surface area contributed by atoms with E-state index in [0.717, 1.165) is 48.8 Å². The van der Waals surface area contributed by atoms with Gasteiger partial charge in [0.15, 0.2) is 0 Å². The van der Waals surface area contributed by atoms with Gasteiger partial charge < -0.3 is 10.0 Å². The third-order valence-corrected chi connectivity index (χ3v) is 6.68. The number of benzene rings is 3. The van der Waals surface area contributed by atoms with Crippen LogP contribution >= 0.6 is 0 Å². The van der Waals surface area contributed by atoms with Gasteiger partial charge in [-0.15, -0.1) is 0 Å². The molecule has 4 rings (SSSR count). The predicted octanol–water partition coefficient (Wildman–Crippen LogP) is 7.06. The Hall–Kier alpha value is -4.25. The SMILES string of the molecule is CCCCc1ccc(C(=O)N(CCCc2ccccc2)Cc2ccc(-c3ccccc3C(=O)O)cc2)nc1. The van der Waals surface area contributed by atoms with Crippen LogP contribution in [0.1, 0.15) is 63.7 Å². The van der Waals surface area contributed by atoms with Crippen LogP contribution in [0, 0.1) is 0 Å². The fraction of sp³-hybridized carbons (Fsp3) is 0.242. The lowest BCUT2D eigenvalue weighted by Crippen LogP contribution is -2.32. The first-order chi connectivity index (χ1) is 18.5. The minimum absolute atomic E-state index is 0.0830. The Balaban J connectivity index is 1.51. The Labute approximate surface area is 224 Å². The molecule has 0 atom stereocenters. The van der Waals surface area contributed by atoms with Crippen LogP contribution in [0.5, 0.6) is 0 Å². The number of hydrogen-bond acceptors (Lipinski definition) is 3. The normalized spacial score (nSPS) is 10.8. The summed E-state index contributed by atoms with van der Waals surface area (Å²) < 4.78 is 0. The number of carbonyl (C=O) groups excluding carboxylic acids is 1. The average molecular weight is 507 g/mol. The van der Waals surface area contributed by atoms with Crippen molar-refractivity contribution in [1.29, 1.82) is 0 Å². The van der Waals surface area contributed by atoms with E-state index in [1.54, 1.807) is 12.1 Å². The number of aryl methyl sites for hydroxylation is 2. The van der Waals surface area contributed by atoms with Gasteiger partial charge in [-0.2, -0.15) is 0 Å². The topological polar surface area (TPSA) is 70.5 Å².